The number of aliphatic imine (C=N–C) groups is 1. The average molecular weight is 596 g/mol. The minimum Gasteiger partial charge on any atom is -0.490 e. The number of amidine groups is 1. The van der Waals surface area contributed by atoms with Gasteiger partial charge in [0.2, 0.25) is 0 Å². The van der Waals surface area contributed by atoms with Crippen LogP contribution in [0.25, 0.3) is 6.08 Å². The molecule has 5 nitrogen and oxygen atoms in total. The van der Waals surface area contributed by atoms with Crippen molar-refractivity contribution in [1.82, 2.24) is 4.90 Å². The molecule has 3 aromatic rings. The molecule has 1 saturated heterocycles. The van der Waals surface area contributed by atoms with Crippen molar-refractivity contribution in [2.75, 3.05) is 13.2 Å². The summed E-state index contributed by atoms with van der Waals surface area (Å²) in [6.45, 7) is 9.05. The number of ether oxygens (including phenoxy) is 2. The second-order valence-electron chi connectivity index (χ2n) is 8.38. The van der Waals surface area contributed by atoms with E-state index in [-0.39, 0.29) is 11.7 Å². The number of halogens is 2. The predicted molar refractivity (Wildman–Crippen MR) is 156 cm³/mol. The van der Waals surface area contributed by atoms with Gasteiger partial charge < -0.3 is 9.47 Å². The summed E-state index contributed by atoms with van der Waals surface area (Å²) in [5.74, 6) is 0.814. The smallest absolute Gasteiger partial charge is 0.266 e. The van der Waals surface area contributed by atoms with Crippen LogP contribution < -0.4 is 9.47 Å². The number of nitrogens with zero attached hydrogens (tertiary/aromatic N) is 2. The van der Waals surface area contributed by atoms with E-state index in [1.807, 2.05) is 62.4 Å². The Kier molecular flexibility index (Phi) is 9.42. The number of likely N-dealkylation sites (N-methyl/N-ethyl adjacent to an activating group) is 1. The zero-order valence-electron chi connectivity index (χ0n) is 21.2. The van der Waals surface area contributed by atoms with Gasteiger partial charge in [-0.2, -0.15) is 0 Å². The Morgan fingerprint density at radius 2 is 1.82 bits per heavy atom. The molecule has 0 spiro atoms. The van der Waals surface area contributed by atoms with Crippen molar-refractivity contribution in [3.63, 3.8) is 0 Å². The van der Waals surface area contributed by atoms with E-state index in [1.165, 1.54) is 23.9 Å². The number of rotatable bonds is 10. The van der Waals surface area contributed by atoms with Crippen LogP contribution in [0.1, 0.15) is 30.5 Å². The van der Waals surface area contributed by atoms with E-state index < -0.39 is 0 Å². The van der Waals surface area contributed by atoms with Gasteiger partial charge in [0.1, 0.15) is 12.4 Å². The molecule has 0 saturated carbocycles. The summed E-state index contributed by atoms with van der Waals surface area (Å²) in [6, 6.07) is 17.7. The van der Waals surface area contributed by atoms with Crippen LogP contribution in [0, 0.1) is 5.82 Å². The lowest BCUT2D eigenvalue weighted by Gasteiger charge is -2.17. The topological polar surface area (TPSA) is 51.1 Å². The fraction of sp³-hybridized carbons (Fsp3) is 0.200. The van der Waals surface area contributed by atoms with Crippen LogP contribution in [0.3, 0.4) is 0 Å². The summed E-state index contributed by atoms with van der Waals surface area (Å²) in [4.78, 5) is 19.9. The van der Waals surface area contributed by atoms with Gasteiger partial charge in [-0.15, -0.1) is 6.58 Å². The van der Waals surface area contributed by atoms with Crippen LogP contribution in [0.15, 0.2) is 87.7 Å². The molecule has 0 bridgehead atoms. The Balaban J connectivity index is 1.66. The molecule has 0 atom stereocenters. The highest BCUT2D eigenvalue weighted by Gasteiger charge is 2.32. The van der Waals surface area contributed by atoms with Crippen molar-refractivity contribution in [1.29, 1.82) is 0 Å². The van der Waals surface area contributed by atoms with Gasteiger partial charge in [0.15, 0.2) is 16.7 Å². The summed E-state index contributed by atoms with van der Waals surface area (Å²) in [5.41, 5.74) is 3.35. The lowest BCUT2D eigenvalue weighted by atomic mass is 10.0. The van der Waals surface area contributed by atoms with Gasteiger partial charge in [0.25, 0.3) is 5.91 Å². The maximum absolute atomic E-state index is 13.3. The second-order valence-corrected chi connectivity index (χ2v) is 10.3. The molecule has 1 heterocycles. The van der Waals surface area contributed by atoms with Gasteiger partial charge in [0.05, 0.1) is 17.2 Å². The fourth-order valence-corrected chi connectivity index (χ4v) is 5.21. The summed E-state index contributed by atoms with van der Waals surface area (Å²) in [5, 5.41) is 0.557. The van der Waals surface area contributed by atoms with E-state index in [4.69, 9.17) is 9.47 Å². The molecule has 3 aromatic carbocycles. The SMILES string of the molecule is C=CCc1cc(/C=C2/SC(=Nc3ccc(F)cc3)N(CC)C2=O)cc(OCC)c1OCc1ccc(Br)cc1. The maximum atomic E-state index is 13.3. The Labute approximate surface area is 235 Å². The van der Waals surface area contributed by atoms with Crippen molar-refractivity contribution in [2.24, 2.45) is 4.99 Å². The van der Waals surface area contributed by atoms with E-state index >= 15 is 0 Å². The molecule has 1 aliphatic heterocycles. The largest absolute Gasteiger partial charge is 0.490 e. The number of hydrogen-bond acceptors (Lipinski definition) is 5. The van der Waals surface area contributed by atoms with E-state index in [0.29, 0.717) is 53.4 Å². The molecule has 0 radical (unpaired) electrons. The number of carbonyl (C=O) groups excluding carboxylic acids is 1. The first-order valence-corrected chi connectivity index (χ1v) is 13.9. The number of allylic oxidation sites excluding steroid dienone is 1. The van der Waals surface area contributed by atoms with Crippen molar-refractivity contribution < 1.29 is 18.7 Å². The van der Waals surface area contributed by atoms with E-state index in [2.05, 4.69) is 27.5 Å². The summed E-state index contributed by atoms with van der Waals surface area (Å²) >= 11 is 4.75. The van der Waals surface area contributed by atoms with Crippen molar-refractivity contribution in [3.8, 4) is 11.5 Å². The first kappa shape index (κ1) is 27.7. The second kappa shape index (κ2) is 12.9. The minimum atomic E-state index is -0.332. The van der Waals surface area contributed by atoms with E-state index in [0.717, 1.165) is 21.2 Å². The first-order chi connectivity index (χ1) is 18.4. The Hall–Kier alpha value is -3.36. The molecule has 1 amide bonds. The molecule has 1 aliphatic rings. The molecule has 0 aliphatic carbocycles. The van der Waals surface area contributed by atoms with Gasteiger partial charge in [-0.05, 0) is 97.8 Å². The van der Waals surface area contributed by atoms with Gasteiger partial charge in [0, 0.05) is 16.6 Å². The van der Waals surface area contributed by atoms with Crippen LogP contribution in [-0.4, -0.2) is 29.1 Å². The highest BCUT2D eigenvalue weighted by atomic mass is 79.9. The fourth-order valence-electron chi connectivity index (χ4n) is 3.88. The van der Waals surface area contributed by atoms with Gasteiger partial charge in [-0.25, -0.2) is 9.38 Å². The van der Waals surface area contributed by atoms with Crippen LogP contribution in [-0.2, 0) is 17.8 Å². The average Bonchev–Trinajstić information content (AvgIpc) is 3.19. The Morgan fingerprint density at radius 1 is 1.08 bits per heavy atom. The van der Waals surface area contributed by atoms with Crippen LogP contribution >= 0.6 is 27.7 Å². The Morgan fingerprint density at radius 3 is 2.47 bits per heavy atom. The number of benzene rings is 3. The molecule has 1 fully saturated rings. The van der Waals surface area contributed by atoms with Gasteiger partial charge >= 0.3 is 0 Å². The highest BCUT2D eigenvalue weighted by Crippen LogP contribution is 2.38. The molecule has 0 aromatic heterocycles. The van der Waals surface area contributed by atoms with Crippen molar-refractivity contribution in [3.05, 3.63) is 105 Å². The monoisotopic (exact) mass is 594 g/mol. The van der Waals surface area contributed by atoms with Crippen molar-refractivity contribution in [2.45, 2.75) is 26.9 Å². The third-order valence-corrected chi connectivity index (χ3v) is 7.20. The first-order valence-electron chi connectivity index (χ1n) is 12.2. The molecule has 4 rings (SSSR count). The van der Waals surface area contributed by atoms with Crippen LogP contribution in [0.4, 0.5) is 10.1 Å². The zero-order chi connectivity index (χ0) is 27.1. The summed E-state index contributed by atoms with van der Waals surface area (Å²) in [6.07, 6.45) is 4.23. The number of carbonyl (C=O) groups is 1. The van der Waals surface area contributed by atoms with Gasteiger partial charge in [-0.3, -0.25) is 9.69 Å². The summed E-state index contributed by atoms with van der Waals surface area (Å²) < 4.78 is 26.5. The molecule has 38 heavy (non-hydrogen) atoms. The normalized spacial score (nSPS) is 15.4. The third-order valence-electron chi connectivity index (χ3n) is 5.67. The summed E-state index contributed by atoms with van der Waals surface area (Å²) in [7, 11) is 0. The van der Waals surface area contributed by atoms with E-state index in [9.17, 15) is 9.18 Å². The number of hydrogen-bond donors (Lipinski definition) is 0. The molecular weight excluding hydrogens is 567 g/mol. The highest BCUT2D eigenvalue weighted by molar-refractivity contribution is 9.10. The maximum Gasteiger partial charge on any atom is 0.266 e. The standard InChI is InChI=1S/C30H28BrFN2O3S/c1-4-7-22-16-21(17-26(36-6-3)28(22)37-19-20-8-10-23(31)11-9-20)18-27-29(35)34(5-2)30(38-27)33-25-14-12-24(32)13-15-25/h4,8-18H,1,5-7,19H2,2-3H3/b27-18+,33-30?. The predicted octanol–water partition coefficient (Wildman–Crippen LogP) is 7.92. The van der Waals surface area contributed by atoms with Crippen LogP contribution in [0.2, 0.25) is 0 Å². The van der Waals surface area contributed by atoms with Crippen molar-refractivity contribution >= 4 is 50.5 Å². The molecule has 8 heteroatoms. The minimum absolute atomic E-state index is 0.128. The Bertz CT molecular complexity index is 1370. The van der Waals surface area contributed by atoms with Gasteiger partial charge in [-0.1, -0.05) is 34.1 Å². The van der Waals surface area contributed by atoms with Crippen LogP contribution in [0.5, 0.6) is 11.5 Å². The number of thioether (sulfide) groups is 1. The molecule has 0 unspecified atom stereocenters. The zero-order valence-corrected chi connectivity index (χ0v) is 23.6. The third kappa shape index (κ3) is 6.74. The molecular formula is C30H28BrFN2O3S. The van der Waals surface area contributed by atoms with E-state index in [1.54, 1.807) is 17.0 Å². The quantitative estimate of drug-likeness (QED) is 0.177. The molecule has 196 valence electrons. The molecule has 0 N–H and O–H groups in total. The lowest BCUT2D eigenvalue weighted by molar-refractivity contribution is -0.122. The number of amides is 1. The lowest BCUT2D eigenvalue weighted by Crippen LogP contribution is -2.28.